The van der Waals surface area contributed by atoms with Crippen molar-refractivity contribution >= 4 is 27.8 Å². The zero-order valence-electron chi connectivity index (χ0n) is 8.60. The van der Waals surface area contributed by atoms with Gasteiger partial charge in [0.15, 0.2) is 0 Å². The van der Waals surface area contributed by atoms with Crippen LogP contribution in [0.5, 0.6) is 0 Å². The van der Waals surface area contributed by atoms with Gasteiger partial charge in [-0.2, -0.15) is 0 Å². The summed E-state index contributed by atoms with van der Waals surface area (Å²) in [5, 5.41) is 4.49. The Balaban J connectivity index is 2.41. The second-order valence-electron chi connectivity index (χ2n) is 3.84. The summed E-state index contributed by atoms with van der Waals surface area (Å²) in [4.78, 5) is 10.7. The summed E-state index contributed by atoms with van der Waals surface area (Å²) in [7, 11) is 0. The smallest absolute Gasteiger partial charge is 0.150 e. The second kappa shape index (κ2) is 3.46. The van der Waals surface area contributed by atoms with Crippen molar-refractivity contribution in [2.24, 2.45) is 0 Å². The van der Waals surface area contributed by atoms with E-state index in [1.54, 1.807) is 6.07 Å². The SMILES string of the molecule is O=Cc1c[c]c2cc3ccccc3cc2c1. The third-order valence-electron chi connectivity index (χ3n) is 2.77. The lowest BCUT2D eigenvalue weighted by molar-refractivity contribution is 0.112. The summed E-state index contributed by atoms with van der Waals surface area (Å²) in [5.41, 5.74) is 0.669. The number of hydrogen-bond donors (Lipinski definition) is 0. The van der Waals surface area contributed by atoms with Gasteiger partial charge < -0.3 is 0 Å². The van der Waals surface area contributed by atoms with Crippen LogP contribution in [0.4, 0.5) is 0 Å². The lowest BCUT2D eigenvalue weighted by Crippen LogP contribution is -1.81. The molecule has 0 N–H and O–H groups in total. The molecule has 16 heavy (non-hydrogen) atoms. The van der Waals surface area contributed by atoms with Crippen LogP contribution in [0.25, 0.3) is 21.5 Å². The van der Waals surface area contributed by atoms with E-state index in [1.807, 2.05) is 18.2 Å². The van der Waals surface area contributed by atoms with Crippen molar-refractivity contribution in [1.82, 2.24) is 0 Å². The molecular weight excluding hydrogens is 196 g/mol. The van der Waals surface area contributed by atoms with Gasteiger partial charge in [-0.15, -0.1) is 0 Å². The van der Waals surface area contributed by atoms with Crippen LogP contribution >= 0.6 is 0 Å². The van der Waals surface area contributed by atoms with E-state index in [9.17, 15) is 4.79 Å². The van der Waals surface area contributed by atoms with Gasteiger partial charge in [-0.05, 0) is 51.9 Å². The first-order valence-corrected chi connectivity index (χ1v) is 5.16. The maximum absolute atomic E-state index is 10.7. The Morgan fingerprint density at radius 1 is 0.938 bits per heavy atom. The van der Waals surface area contributed by atoms with Crippen LogP contribution in [0.2, 0.25) is 0 Å². The van der Waals surface area contributed by atoms with Gasteiger partial charge in [0.25, 0.3) is 0 Å². The van der Waals surface area contributed by atoms with Crippen molar-refractivity contribution in [2.75, 3.05) is 0 Å². The van der Waals surface area contributed by atoms with Crippen LogP contribution in [0.1, 0.15) is 10.4 Å². The highest BCUT2D eigenvalue weighted by atomic mass is 16.1. The Bertz CT molecular complexity index is 683. The van der Waals surface area contributed by atoms with Gasteiger partial charge in [0.05, 0.1) is 0 Å². The molecule has 0 bridgehead atoms. The fraction of sp³-hybridized carbons (Fsp3) is 0. The Labute approximate surface area is 93.3 Å². The number of fused-ring (bicyclic) bond motifs is 2. The average molecular weight is 205 g/mol. The molecule has 3 aromatic carbocycles. The fourth-order valence-corrected chi connectivity index (χ4v) is 1.95. The van der Waals surface area contributed by atoms with E-state index in [0.717, 1.165) is 17.1 Å². The summed E-state index contributed by atoms with van der Waals surface area (Å²) in [6.07, 6.45) is 0.852. The number of rotatable bonds is 1. The predicted molar refractivity (Wildman–Crippen MR) is 65.7 cm³/mol. The normalized spacial score (nSPS) is 10.8. The molecule has 0 heterocycles. The third kappa shape index (κ3) is 1.38. The first-order chi connectivity index (χ1) is 7.86. The van der Waals surface area contributed by atoms with Gasteiger partial charge in [-0.1, -0.05) is 24.3 Å². The summed E-state index contributed by atoms with van der Waals surface area (Å²) in [6, 6.07) is 19.1. The van der Waals surface area contributed by atoms with Crippen LogP contribution in [-0.2, 0) is 0 Å². The lowest BCUT2D eigenvalue weighted by Gasteiger charge is -2.02. The van der Waals surface area contributed by atoms with Crippen LogP contribution in [0.3, 0.4) is 0 Å². The van der Waals surface area contributed by atoms with E-state index in [1.165, 1.54) is 10.8 Å². The Morgan fingerprint density at radius 3 is 2.44 bits per heavy atom. The van der Waals surface area contributed by atoms with Crippen molar-refractivity contribution in [2.45, 2.75) is 0 Å². The Hall–Kier alpha value is -2.15. The van der Waals surface area contributed by atoms with E-state index < -0.39 is 0 Å². The highest BCUT2D eigenvalue weighted by Crippen LogP contribution is 2.22. The molecule has 1 nitrogen and oxygen atoms in total. The van der Waals surface area contributed by atoms with E-state index in [0.29, 0.717) is 5.56 Å². The molecule has 0 amide bonds. The first kappa shape index (κ1) is 9.10. The van der Waals surface area contributed by atoms with Crippen LogP contribution in [0.15, 0.2) is 48.5 Å². The zero-order valence-corrected chi connectivity index (χ0v) is 8.60. The van der Waals surface area contributed by atoms with Crippen LogP contribution in [0, 0.1) is 6.07 Å². The fourth-order valence-electron chi connectivity index (χ4n) is 1.95. The van der Waals surface area contributed by atoms with E-state index in [-0.39, 0.29) is 0 Å². The minimum Gasteiger partial charge on any atom is -0.298 e. The molecule has 0 spiro atoms. The van der Waals surface area contributed by atoms with Gasteiger partial charge in [0.1, 0.15) is 6.29 Å². The summed E-state index contributed by atoms with van der Waals surface area (Å²) in [6.45, 7) is 0. The van der Waals surface area contributed by atoms with E-state index >= 15 is 0 Å². The molecule has 3 aromatic rings. The molecule has 0 aliphatic heterocycles. The standard InChI is InChI=1S/C15H9O/c16-10-11-5-6-14-8-12-3-1-2-4-13(12)9-15(14)7-11/h1-5,7-10H. The quantitative estimate of drug-likeness (QED) is 0.438. The van der Waals surface area contributed by atoms with Gasteiger partial charge in [-0.3, -0.25) is 4.79 Å². The van der Waals surface area contributed by atoms with Crippen molar-refractivity contribution < 1.29 is 4.79 Å². The molecular formula is C15H9O. The lowest BCUT2D eigenvalue weighted by atomic mass is 10.0. The molecule has 0 aliphatic carbocycles. The molecule has 1 radical (unpaired) electrons. The predicted octanol–water partition coefficient (Wildman–Crippen LogP) is 3.61. The highest BCUT2D eigenvalue weighted by molar-refractivity contribution is 5.99. The number of hydrogen-bond acceptors (Lipinski definition) is 1. The molecule has 0 aliphatic rings. The molecule has 3 rings (SSSR count). The van der Waals surface area contributed by atoms with Crippen molar-refractivity contribution in [3.8, 4) is 0 Å². The van der Waals surface area contributed by atoms with Gasteiger partial charge in [-0.25, -0.2) is 0 Å². The Kier molecular flexibility index (Phi) is 1.97. The summed E-state index contributed by atoms with van der Waals surface area (Å²) < 4.78 is 0. The third-order valence-corrected chi connectivity index (χ3v) is 2.77. The minimum atomic E-state index is 0.669. The van der Waals surface area contributed by atoms with Gasteiger partial charge in [0.2, 0.25) is 0 Å². The highest BCUT2D eigenvalue weighted by Gasteiger charge is 1.99. The van der Waals surface area contributed by atoms with Crippen LogP contribution in [-0.4, -0.2) is 6.29 Å². The maximum Gasteiger partial charge on any atom is 0.150 e. The molecule has 0 saturated carbocycles. The largest absolute Gasteiger partial charge is 0.298 e. The summed E-state index contributed by atoms with van der Waals surface area (Å²) >= 11 is 0. The summed E-state index contributed by atoms with van der Waals surface area (Å²) in [5.74, 6) is 0. The molecule has 0 aromatic heterocycles. The zero-order chi connectivity index (χ0) is 11.0. The Morgan fingerprint density at radius 2 is 1.69 bits per heavy atom. The van der Waals surface area contributed by atoms with Crippen molar-refractivity contribution in [1.29, 1.82) is 0 Å². The number of carbonyl (C=O) groups is 1. The first-order valence-electron chi connectivity index (χ1n) is 5.16. The van der Waals surface area contributed by atoms with Crippen LogP contribution < -0.4 is 0 Å². The van der Waals surface area contributed by atoms with E-state index in [2.05, 4.69) is 30.3 Å². The number of carbonyl (C=O) groups excluding carboxylic acids is 1. The minimum absolute atomic E-state index is 0.669. The average Bonchev–Trinajstić information content (AvgIpc) is 2.35. The molecule has 75 valence electrons. The second-order valence-corrected chi connectivity index (χ2v) is 3.84. The molecule has 0 unspecified atom stereocenters. The van der Waals surface area contributed by atoms with Crippen molar-refractivity contribution in [3.05, 3.63) is 60.2 Å². The topological polar surface area (TPSA) is 17.1 Å². The van der Waals surface area contributed by atoms with Gasteiger partial charge in [0, 0.05) is 5.56 Å². The number of aldehydes is 1. The maximum atomic E-state index is 10.7. The molecule has 1 heteroatoms. The monoisotopic (exact) mass is 205 g/mol. The molecule has 0 atom stereocenters. The number of benzene rings is 3. The molecule has 0 saturated heterocycles. The van der Waals surface area contributed by atoms with Crippen molar-refractivity contribution in [3.63, 3.8) is 0 Å². The van der Waals surface area contributed by atoms with Gasteiger partial charge >= 0.3 is 0 Å². The molecule has 0 fully saturated rings. The van der Waals surface area contributed by atoms with E-state index in [4.69, 9.17) is 0 Å².